The second kappa shape index (κ2) is 8.72. The predicted molar refractivity (Wildman–Crippen MR) is 40.2 cm³/mol. The van der Waals surface area contributed by atoms with E-state index in [1.165, 1.54) is 0 Å². The van der Waals surface area contributed by atoms with Crippen LogP contribution < -0.4 is 0 Å². The number of rotatable bonds is 4. The van der Waals surface area contributed by atoms with Gasteiger partial charge in [0.15, 0.2) is 0 Å². The first-order valence-corrected chi connectivity index (χ1v) is 3.07. The number of ether oxygens (including phenoxy) is 1. The van der Waals surface area contributed by atoms with E-state index in [1.54, 1.807) is 6.92 Å². The minimum atomic E-state index is -0.230. The van der Waals surface area contributed by atoms with Gasteiger partial charge in [-0.15, -0.1) is 12.4 Å². The lowest BCUT2D eigenvalue weighted by Crippen LogP contribution is -2.03. The number of aliphatic hydroxyl groups excluding tert-OH is 1. The standard InChI is InChI=1S/C6H12O3.ClH/c1-2-9-6(8)4-3-5-7;/h7H,2-5H2,1H3;1H. The molecule has 62 valence electrons. The average Bonchev–Trinajstić information content (AvgIpc) is 1.85. The van der Waals surface area contributed by atoms with Gasteiger partial charge >= 0.3 is 5.97 Å². The number of esters is 1. The Hall–Kier alpha value is -0.280. The van der Waals surface area contributed by atoms with Gasteiger partial charge in [0.05, 0.1) is 6.61 Å². The van der Waals surface area contributed by atoms with Gasteiger partial charge in [0, 0.05) is 13.0 Å². The Morgan fingerprint density at radius 2 is 2.20 bits per heavy atom. The van der Waals surface area contributed by atoms with Crippen LogP contribution in [0.5, 0.6) is 0 Å². The van der Waals surface area contributed by atoms with E-state index in [-0.39, 0.29) is 25.0 Å². The van der Waals surface area contributed by atoms with Crippen molar-refractivity contribution in [2.45, 2.75) is 19.8 Å². The summed E-state index contributed by atoms with van der Waals surface area (Å²) in [4.78, 5) is 10.5. The highest BCUT2D eigenvalue weighted by atomic mass is 35.5. The van der Waals surface area contributed by atoms with E-state index in [1.807, 2.05) is 0 Å². The highest BCUT2D eigenvalue weighted by Crippen LogP contribution is 1.89. The summed E-state index contributed by atoms with van der Waals surface area (Å²) in [5.41, 5.74) is 0. The zero-order valence-electron chi connectivity index (χ0n) is 6.00. The summed E-state index contributed by atoms with van der Waals surface area (Å²) in [7, 11) is 0. The van der Waals surface area contributed by atoms with E-state index in [4.69, 9.17) is 5.11 Å². The van der Waals surface area contributed by atoms with Crippen molar-refractivity contribution in [1.82, 2.24) is 0 Å². The molecule has 0 aromatic rings. The minimum absolute atomic E-state index is 0. The molecule has 0 bridgehead atoms. The molecule has 0 atom stereocenters. The highest BCUT2D eigenvalue weighted by Gasteiger charge is 1.97. The van der Waals surface area contributed by atoms with Gasteiger partial charge in [-0.3, -0.25) is 4.79 Å². The van der Waals surface area contributed by atoms with Crippen molar-refractivity contribution in [3.63, 3.8) is 0 Å². The monoisotopic (exact) mass is 168 g/mol. The summed E-state index contributed by atoms with van der Waals surface area (Å²) in [6.45, 7) is 2.24. The number of halogens is 1. The Morgan fingerprint density at radius 1 is 1.60 bits per heavy atom. The lowest BCUT2D eigenvalue weighted by molar-refractivity contribution is -0.143. The molecule has 1 N–H and O–H groups in total. The molecular formula is C6H13ClO3. The normalized spacial score (nSPS) is 8.20. The molecular weight excluding hydrogens is 156 g/mol. The van der Waals surface area contributed by atoms with Crippen molar-refractivity contribution in [1.29, 1.82) is 0 Å². The van der Waals surface area contributed by atoms with Crippen LogP contribution in [0.4, 0.5) is 0 Å². The Morgan fingerprint density at radius 3 is 2.60 bits per heavy atom. The first kappa shape index (κ1) is 12.4. The summed E-state index contributed by atoms with van der Waals surface area (Å²) in [5.74, 6) is -0.230. The van der Waals surface area contributed by atoms with Gasteiger partial charge in [-0.05, 0) is 13.3 Å². The first-order valence-electron chi connectivity index (χ1n) is 3.07. The van der Waals surface area contributed by atoms with Crippen molar-refractivity contribution in [3.05, 3.63) is 0 Å². The van der Waals surface area contributed by atoms with Crippen LogP contribution in [0.2, 0.25) is 0 Å². The molecule has 0 spiro atoms. The van der Waals surface area contributed by atoms with Crippen LogP contribution in [0, 0.1) is 0 Å². The lowest BCUT2D eigenvalue weighted by atomic mass is 10.3. The van der Waals surface area contributed by atoms with Gasteiger partial charge in [0.1, 0.15) is 0 Å². The maximum absolute atomic E-state index is 10.5. The van der Waals surface area contributed by atoms with E-state index >= 15 is 0 Å². The largest absolute Gasteiger partial charge is 0.466 e. The van der Waals surface area contributed by atoms with Crippen LogP contribution in [0.15, 0.2) is 0 Å². The van der Waals surface area contributed by atoms with Gasteiger partial charge in [-0.25, -0.2) is 0 Å². The topological polar surface area (TPSA) is 46.5 Å². The molecule has 0 unspecified atom stereocenters. The summed E-state index contributed by atoms with van der Waals surface area (Å²) in [6.07, 6.45) is 0.823. The zero-order valence-corrected chi connectivity index (χ0v) is 6.82. The van der Waals surface area contributed by atoms with E-state index < -0.39 is 0 Å². The summed E-state index contributed by atoms with van der Waals surface area (Å²) in [6, 6.07) is 0. The number of hydrogen-bond donors (Lipinski definition) is 1. The Labute approximate surface area is 66.8 Å². The SMILES string of the molecule is CCOC(=O)CCCO.Cl. The number of aliphatic hydroxyl groups is 1. The van der Waals surface area contributed by atoms with Gasteiger partial charge in [-0.1, -0.05) is 0 Å². The van der Waals surface area contributed by atoms with Crippen LogP contribution >= 0.6 is 12.4 Å². The molecule has 0 saturated heterocycles. The van der Waals surface area contributed by atoms with Crippen molar-refractivity contribution < 1.29 is 14.6 Å². The van der Waals surface area contributed by atoms with Crippen molar-refractivity contribution in [2.75, 3.05) is 13.2 Å². The van der Waals surface area contributed by atoms with Crippen LogP contribution in [0.1, 0.15) is 19.8 Å². The maximum Gasteiger partial charge on any atom is 0.305 e. The van der Waals surface area contributed by atoms with Gasteiger partial charge in [-0.2, -0.15) is 0 Å². The summed E-state index contributed by atoms with van der Waals surface area (Å²) >= 11 is 0. The van der Waals surface area contributed by atoms with Crippen LogP contribution in [0.25, 0.3) is 0 Å². The fourth-order valence-corrected chi connectivity index (χ4v) is 0.457. The smallest absolute Gasteiger partial charge is 0.305 e. The molecule has 0 aliphatic heterocycles. The molecule has 0 aromatic heterocycles. The molecule has 0 heterocycles. The third-order valence-corrected chi connectivity index (χ3v) is 0.844. The second-order valence-electron chi connectivity index (χ2n) is 1.63. The van der Waals surface area contributed by atoms with E-state index in [2.05, 4.69) is 4.74 Å². The molecule has 0 aliphatic carbocycles. The number of carbonyl (C=O) groups is 1. The van der Waals surface area contributed by atoms with E-state index in [9.17, 15) is 4.79 Å². The average molecular weight is 169 g/mol. The molecule has 10 heavy (non-hydrogen) atoms. The molecule has 0 aliphatic rings. The zero-order chi connectivity index (χ0) is 7.11. The van der Waals surface area contributed by atoms with Gasteiger partial charge in [0.2, 0.25) is 0 Å². The molecule has 3 nitrogen and oxygen atoms in total. The van der Waals surface area contributed by atoms with Crippen LogP contribution in [-0.4, -0.2) is 24.3 Å². The quantitative estimate of drug-likeness (QED) is 0.630. The molecule has 4 heteroatoms. The minimum Gasteiger partial charge on any atom is -0.466 e. The molecule has 0 aromatic carbocycles. The lowest BCUT2D eigenvalue weighted by Gasteiger charge is -1.97. The van der Waals surface area contributed by atoms with Crippen molar-refractivity contribution in [3.8, 4) is 0 Å². The predicted octanol–water partition coefficient (Wildman–Crippen LogP) is 0.744. The number of hydrogen-bond acceptors (Lipinski definition) is 3. The molecule has 0 amide bonds. The van der Waals surface area contributed by atoms with Crippen LogP contribution in [0.3, 0.4) is 0 Å². The van der Waals surface area contributed by atoms with Crippen LogP contribution in [-0.2, 0) is 9.53 Å². The first-order chi connectivity index (χ1) is 4.31. The third kappa shape index (κ3) is 7.72. The third-order valence-electron chi connectivity index (χ3n) is 0.844. The summed E-state index contributed by atoms with van der Waals surface area (Å²) < 4.78 is 4.59. The Balaban J connectivity index is 0. The molecule has 0 rings (SSSR count). The molecule has 0 fully saturated rings. The fraction of sp³-hybridized carbons (Fsp3) is 0.833. The second-order valence-corrected chi connectivity index (χ2v) is 1.63. The highest BCUT2D eigenvalue weighted by molar-refractivity contribution is 5.85. The van der Waals surface area contributed by atoms with Gasteiger partial charge < -0.3 is 9.84 Å². The van der Waals surface area contributed by atoms with E-state index in [0.717, 1.165) is 0 Å². The van der Waals surface area contributed by atoms with E-state index in [0.29, 0.717) is 19.4 Å². The van der Waals surface area contributed by atoms with Gasteiger partial charge in [0.25, 0.3) is 0 Å². The fourth-order valence-electron chi connectivity index (χ4n) is 0.457. The van der Waals surface area contributed by atoms with Crippen molar-refractivity contribution in [2.24, 2.45) is 0 Å². The Bertz CT molecular complexity index is 85.1. The molecule has 0 saturated carbocycles. The number of carbonyl (C=O) groups excluding carboxylic acids is 1. The molecule has 0 radical (unpaired) electrons. The summed E-state index contributed by atoms with van der Waals surface area (Å²) in [5, 5.41) is 8.28. The van der Waals surface area contributed by atoms with Crippen molar-refractivity contribution >= 4 is 18.4 Å². The maximum atomic E-state index is 10.5. The Kier molecular flexibility index (Phi) is 10.8.